The Kier molecular flexibility index (Phi) is 4.82. The Balaban J connectivity index is 1.27. The maximum atomic E-state index is 12.6. The largest absolute Gasteiger partial charge is 0.356 e. The van der Waals surface area contributed by atoms with Gasteiger partial charge in [-0.3, -0.25) is 19.3 Å². The molecule has 8 nitrogen and oxygen atoms in total. The van der Waals surface area contributed by atoms with Crippen molar-refractivity contribution in [1.29, 1.82) is 0 Å². The zero-order valence-electron chi connectivity index (χ0n) is 17.3. The van der Waals surface area contributed by atoms with Crippen molar-refractivity contribution >= 4 is 45.2 Å². The van der Waals surface area contributed by atoms with E-state index in [1.807, 2.05) is 26.0 Å². The fourth-order valence-corrected chi connectivity index (χ4v) is 4.68. The Morgan fingerprint density at radius 3 is 2.56 bits per heavy atom. The predicted molar refractivity (Wildman–Crippen MR) is 119 cm³/mol. The van der Waals surface area contributed by atoms with Crippen LogP contribution in [0.25, 0.3) is 11.0 Å². The monoisotopic (exact) mass is 446 g/mol. The maximum absolute atomic E-state index is 12.6. The number of hydrogen-bond acceptors (Lipinski definition) is 7. The fraction of sp³-hybridized carbons (Fsp3) is 0.174. The third-order valence-corrected chi connectivity index (χ3v) is 6.19. The maximum Gasteiger partial charge on any atom is 0.261 e. The summed E-state index contributed by atoms with van der Waals surface area (Å²) in [6.07, 6.45) is 1.60. The van der Waals surface area contributed by atoms with E-state index in [1.165, 1.54) is 16.2 Å². The number of hydrogen-bond donors (Lipinski definition) is 1. The summed E-state index contributed by atoms with van der Waals surface area (Å²) < 4.78 is 5.40. The van der Waals surface area contributed by atoms with Crippen molar-refractivity contribution < 1.29 is 18.9 Å². The van der Waals surface area contributed by atoms with Crippen LogP contribution in [0.5, 0.6) is 0 Å². The van der Waals surface area contributed by atoms with Gasteiger partial charge in [-0.2, -0.15) is 0 Å². The molecule has 0 radical (unpaired) electrons. The SMILES string of the molecule is Cc1cc(C)c2onc(CC(=O)Nc3ncc(CN4C(=O)c5ccccc5C4=O)s3)c2c1. The highest BCUT2D eigenvalue weighted by Crippen LogP contribution is 2.28. The van der Waals surface area contributed by atoms with Crippen LogP contribution in [0.1, 0.15) is 42.4 Å². The lowest BCUT2D eigenvalue weighted by atomic mass is 10.1. The lowest BCUT2D eigenvalue weighted by Gasteiger charge is -2.11. The van der Waals surface area contributed by atoms with Crippen molar-refractivity contribution in [3.8, 4) is 0 Å². The van der Waals surface area contributed by atoms with Gasteiger partial charge < -0.3 is 9.84 Å². The summed E-state index contributed by atoms with van der Waals surface area (Å²) in [5, 5.41) is 8.02. The van der Waals surface area contributed by atoms with Gasteiger partial charge in [0.05, 0.1) is 24.1 Å². The number of rotatable bonds is 5. The quantitative estimate of drug-likeness (QED) is 0.467. The van der Waals surface area contributed by atoms with E-state index >= 15 is 0 Å². The zero-order valence-corrected chi connectivity index (χ0v) is 18.2. The first kappa shape index (κ1) is 20.1. The average Bonchev–Trinajstić information content (AvgIpc) is 3.43. The van der Waals surface area contributed by atoms with E-state index in [-0.39, 0.29) is 30.7 Å². The van der Waals surface area contributed by atoms with Crippen molar-refractivity contribution in [3.63, 3.8) is 0 Å². The molecule has 4 aromatic rings. The molecule has 2 aromatic heterocycles. The van der Waals surface area contributed by atoms with Gasteiger partial charge in [-0.25, -0.2) is 4.98 Å². The molecule has 160 valence electrons. The number of thiazole rings is 1. The molecule has 0 spiro atoms. The minimum atomic E-state index is -0.326. The van der Waals surface area contributed by atoms with E-state index in [0.717, 1.165) is 16.5 Å². The minimum Gasteiger partial charge on any atom is -0.356 e. The molecule has 0 saturated heterocycles. The number of aryl methyl sites for hydroxylation is 2. The second kappa shape index (κ2) is 7.69. The molecule has 2 aromatic carbocycles. The van der Waals surface area contributed by atoms with Crippen LogP contribution in [0.2, 0.25) is 0 Å². The van der Waals surface area contributed by atoms with Gasteiger partial charge in [-0.1, -0.05) is 34.7 Å². The minimum absolute atomic E-state index is 0.0449. The molecule has 0 atom stereocenters. The summed E-state index contributed by atoms with van der Waals surface area (Å²) >= 11 is 1.22. The first-order valence-corrected chi connectivity index (χ1v) is 10.8. The highest BCUT2D eigenvalue weighted by atomic mass is 32.1. The number of imide groups is 1. The van der Waals surface area contributed by atoms with E-state index < -0.39 is 0 Å². The lowest BCUT2D eigenvalue weighted by molar-refractivity contribution is -0.115. The summed E-state index contributed by atoms with van der Waals surface area (Å²) in [5.74, 6) is -0.929. The zero-order chi connectivity index (χ0) is 22.4. The summed E-state index contributed by atoms with van der Waals surface area (Å²) in [4.78, 5) is 43.7. The standard InChI is InChI=1S/C23H18N4O4S/c1-12-7-13(2)20-17(8-12)18(26-31-20)9-19(28)25-23-24-10-14(32-23)11-27-21(29)15-5-3-4-6-16(15)22(27)30/h3-8,10H,9,11H2,1-2H3,(H,24,25,28). The van der Waals surface area contributed by atoms with Crippen molar-refractivity contribution in [3.05, 3.63) is 75.4 Å². The number of amides is 3. The highest BCUT2D eigenvalue weighted by molar-refractivity contribution is 7.15. The summed E-state index contributed by atoms with van der Waals surface area (Å²) in [7, 11) is 0. The van der Waals surface area contributed by atoms with E-state index in [2.05, 4.69) is 15.5 Å². The Bertz CT molecular complexity index is 1370. The van der Waals surface area contributed by atoms with Crippen LogP contribution >= 0.6 is 11.3 Å². The van der Waals surface area contributed by atoms with Crippen molar-refractivity contribution in [1.82, 2.24) is 15.0 Å². The second-order valence-corrected chi connectivity index (χ2v) is 8.80. The smallest absolute Gasteiger partial charge is 0.261 e. The molecule has 0 bridgehead atoms. The predicted octanol–water partition coefficient (Wildman–Crippen LogP) is 3.88. The summed E-state index contributed by atoms with van der Waals surface area (Å²) in [6.45, 7) is 4.02. The van der Waals surface area contributed by atoms with Gasteiger partial charge in [-0.05, 0) is 43.2 Å². The van der Waals surface area contributed by atoms with Crippen LogP contribution in [0, 0.1) is 13.8 Å². The molecule has 5 rings (SSSR count). The molecule has 0 saturated carbocycles. The summed E-state index contributed by atoms with van der Waals surface area (Å²) in [6, 6.07) is 10.7. The Morgan fingerprint density at radius 2 is 1.84 bits per heavy atom. The number of carbonyl (C=O) groups is 3. The number of anilines is 1. The van der Waals surface area contributed by atoms with E-state index in [1.54, 1.807) is 30.5 Å². The van der Waals surface area contributed by atoms with Crippen LogP contribution in [-0.4, -0.2) is 32.8 Å². The molecule has 0 unspecified atom stereocenters. The first-order chi connectivity index (χ1) is 15.4. The normalized spacial score (nSPS) is 13.1. The average molecular weight is 446 g/mol. The molecule has 9 heteroatoms. The van der Waals surface area contributed by atoms with Crippen molar-refractivity contribution in [2.24, 2.45) is 0 Å². The van der Waals surface area contributed by atoms with Gasteiger partial charge in [0.25, 0.3) is 11.8 Å². The third-order valence-electron chi connectivity index (χ3n) is 5.30. The van der Waals surface area contributed by atoms with Crippen LogP contribution in [0.4, 0.5) is 5.13 Å². The van der Waals surface area contributed by atoms with Gasteiger partial charge in [0.2, 0.25) is 5.91 Å². The lowest BCUT2D eigenvalue weighted by Crippen LogP contribution is -2.28. The summed E-state index contributed by atoms with van der Waals surface area (Å²) in [5.41, 5.74) is 4.08. The number of benzene rings is 2. The molecular weight excluding hydrogens is 428 g/mol. The molecule has 3 heterocycles. The van der Waals surface area contributed by atoms with E-state index in [0.29, 0.717) is 32.4 Å². The Labute approximate surface area is 186 Å². The van der Waals surface area contributed by atoms with Crippen LogP contribution < -0.4 is 5.32 Å². The molecular formula is C23H18N4O4S. The molecule has 1 aliphatic rings. The van der Waals surface area contributed by atoms with Crippen LogP contribution in [-0.2, 0) is 17.8 Å². The molecule has 0 fully saturated rings. The Hall–Kier alpha value is -3.85. The van der Waals surface area contributed by atoms with Gasteiger partial charge >= 0.3 is 0 Å². The van der Waals surface area contributed by atoms with Crippen molar-refractivity contribution in [2.45, 2.75) is 26.8 Å². The molecule has 1 aliphatic heterocycles. The van der Waals surface area contributed by atoms with Gasteiger partial charge in [0, 0.05) is 16.5 Å². The fourth-order valence-electron chi connectivity index (χ4n) is 3.86. The number of aromatic nitrogens is 2. The number of carbonyl (C=O) groups excluding carboxylic acids is 3. The van der Waals surface area contributed by atoms with Gasteiger partial charge in [0.1, 0.15) is 5.69 Å². The first-order valence-electron chi connectivity index (χ1n) is 9.96. The topological polar surface area (TPSA) is 105 Å². The van der Waals surface area contributed by atoms with Gasteiger partial charge in [0.15, 0.2) is 10.7 Å². The van der Waals surface area contributed by atoms with E-state index in [9.17, 15) is 14.4 Å². The number of nitrogens with zero attached hydrogens (tertiary/aromatic N) is 3. The van der Waals surface area contributed by atoms with E-state index in [4.69, 9.17) is 4.52 Å². The van der Waals surface area contributed by atoms with Crippen LogP contribution in [0.3, 0.4) is 0 Å². The third kappa shape index (κ3) is 3.46. The molecule has 3 amide bonds. The molecule has 32 heavy (non-hydrogen) atoms. The molecule has 0 aliphatic carbocycles. The van der Waals surface area contributed by atoms with Gasteiger partial charge in [-0.15, -0.1) is 0 Å². The molecule has 1 N–H and O–H groups in total. The number of fused-ring (bicyclic) bond motifs is 2. The van der Waals surface area contributed by atoms with Crippen molar-refractivity contribution in [2.75, 3.05) is 5.32 Å². The highest BCUT2D eigenvalue weighted by Gasteiger charge is 2.35. The Morgan fingerprint density at radius 1 is 1.12 bits per heavy atom. The number of nitrogens with one attached hydrogen (secondary N) is 1. The second-order valence-electron chi connectivity index (χ2n) is 7.69. The van der Waals surface area contributed by atoms with Crippen LogP contribution in [0.15, 0.2) is 47.1 Å².